The second-order valence-corrected chi connectivity index (χ2v) is 9.25. The molecule has 0 radical (unpaired) electrons. The lowest BCUT2D eigenvalue weighted by Crippen LogP contribution is -2.42. The van der Waals surface area contributed by atoms with Crippen LogP contribution in [0, 0.1) is 19.8 Å². The van der Waals surface area contributed by atoms with Gasteiger partial charge in [0, 0.05) is 11.6 Å². The molecule has 1 amide bonds. The van der Waals surface area contributed by atoms with Crippen molar-refractivity contribution in [3.8, 4) is 0 Å². The van der Waals surface area contributed by atoms with E-state index in [0.29, 0.717) is 22.8 Å². The lowest BCUT2D eigenvalue weighted by Gasteiger charge is -2.26. The monoisotopic (exact) mass is 408 g/mol. The van der Waals surface area contributed by atoms with Crippen molar-refractivity contribution < 1.29 is 13.2 Å². The first-order valence-corrected chi connectivity index (χ1v) is 10.6. The lowest BCUT2D eigenvalue weighted by atomic mass is 10.2. The Bertz CT molecular complexity index is 909. The minimum Gasteiger partial charge on any atom is -0.354 e. The first-order chi connectivity index (χ1) is 12.6. The second-order valence-electron chi connectivity index (χ2n) is 6.95. The highest BCUT2D eigenvalue weighted by atomic mass is 35.5. The molecular formula is C20H25ClN2O3S. The van der Waals surface area contributed by atoms with Crippen LogP contribution in [0.25, 0.3) is 0 Å². The van der Waals surface area contributed by atoms with Gasteiger partial charge in [-0.3, -0.25) is 9.10 Å². The molecule has 0 aliphatic heterocycles. The van der Waals surface area contributed by atoms with Crippen LogP contribution in [0.5, 0.6) is 0 Å². The van der Waals surface area contributed by atoms with Crippen LogP contribution in [0.2, 0.25) is 5.02 Å². The number of anilines is 1. The van der Waals surface area contributed by atoms with Crippen LogP contribution in [-0.4, -0.2) is 27.4 Å². The van der Waals surface area contributed by atoms with Gasteiger partial charge in [-0.05, 0) is 55.7 Å². The fraction of sp³-hybridized carbons (Fsp3) is 0.350. The van der Waals surface area contributed by atoms with Crippen LogP contribution < -0.4 is 9.62 Å². The quantitative estimate of drug-likeness (QED) is 0.754. The molecule has 0 saturated heterocycles. The van der Waals surface area contributed by atoms with Crippen molar-refractivity contribution in [2.45, 2.75) is 32.6 Å². The maximum Gasteiger partial charge on any atom is 0.264 e. The van der Waals surface area contributed by atoms with E-state index < -0.39 is 10.0 Å². The molecule has 0 bridgehead atoms. The fourth-order valence-electron chi connectivity index (χ4n) is 2.54. The Morgan fingerprint density at radius 1 is 1.11 bits per heavy atom. The molecule has 0 atom stereocenters. The van der Waals surface area contributed by atoms with Crippen LogP contribution in [0.4, 0.5) is 5.69 Å². The molecule has 5 nitrogen and oxygen atoms in total. The third-order valence-corrected chi connectivity index (χ3v) is 6.04. The molecule has 2 rings (SSSR count). The van der Waals surface area contributed by atoms with E-state index in [9.17, 15) is 13.2 Å². The number of carbonyl (C=O) groups excluding carboxylic acids is 1. The molecule has 146 valence electrons. The van der Waals surface area contributed by atoms with Crippen molar-refractivity contribution in [3.63, 3.8) is 0 Å². The van der Waals surface area contributed by atoms with E-state index in [0.717, 1.165) is 9.87 Å². The lowest BCUT2D eigenvalue weighted by molar-refractivity contribution is -0.119. The van der Waals surface area contributed by atoms with Gasteiger partial charge in [0.2, 0.25) is 5.91 Å². The van der Waals surface area contributed by atoms with Gasteiger partial charge in [0.25, 0.3) is 10.0 Å². The van der Waals surface area contributed by atoms with Gasteiger partial charge in [0.15, 0.2) is 0 Å². The third kappa shape index (κ3) is 5.47. The number of hydrogen-bond donors (Lipinski definition) is 1. The molecule has 0 heterocycles. The third-order valence-electron chi connectivity index (χ3n) is 4.03. The molecule has 0 unspecified atom stereocenters. The number of rotatable bonds is 7. The summed E-state index contributed by atoms with van der Waals surface area (Å²) in [6.45, 7) is 7.79. The summed E-state index contributed by atoms with van der Waals surface area (Å²) in [4.78, 5) is 12.5. The number of sulfonamides is 1. The Morgan fingerprint density at radius 3 is 2.30 bits per heavy atom. The Labute approximate surface area is 166 Å². The van der Waals surface area contributed by atoms with Crippen molar-refractivity contribution in [2.24, 2.45) is 5.92 Å². The first-order valence-electron chi connectivity index (χ1n) is 8.73. The summed E-state index contributed by atoms with van der Waals surface area (Å²) < 4.78 is 27.7. The molecule has 7 heteroatoms. The molecule has 0 spiro atoms. The van der Waals surface area contributed by atoms with Gasteiger partial charge >= 0.3 is 0 Å². The highest BCUT2D eigenvalue weighted by molar-refractivity contribution is 7.92. The predicted molar refractivity (Wildman–Crippen MR) is 110 cm³/mol. The van der Waals surface area contributed by atoms with Crippen LogP contribution in [0.1, 0.15) is 25.0 Å². The second kappa shape index (κ2) is 8.76. The topological polar surface area (TPSA) is 66.5 Å². The average molecular weight is 409 g/mol. The number of nitrogens with zero attached hydrogens (tertiary/aromatic N) is 1. The molecular weight excluding hydrogens is 384 g/mol. The van der Waals surface area contributed by atoms with Gasteiger partial charge in [0.1, 0.15) is 6.54 Å². The van der Waals surface area contributed by atoms with E-state index in [-0.39, 0.29) is 23.3 Å². The molecule has 0 saturated carbocycles. The van der Waals surface area contributed by atoms with Crippen molar-refractivity contribution in [2.75, 3.05) is 17.4 Å². The van der Waals surface area contributed by atoms with Gasteiger partial charge < -0.3 is 5.32 Å². The van der Waals surface area contributed by atoms with Crippen molar-refractivity contribution in [1.29, 1.82) is 0 Å². The number of carbonyl (C=O) groups is 1. The Kier molecular flexibility index (Phi) is 6.89. The van der Waals surface area contributed by atoms with Crippen molar-refractivity contribution in [3.05, 3.63) is 58.6 Å². The van der Waals surface area contributed by atoms with Crippen LogP contribution in [0.15, 0.2) is 47.4 Å². The van der Waals surface area contributed by atoms with Crippen molar-refractivity contribution >= 4 is 33.2 Å². The summed E-state index contributed by atoms with van der Waals surface area (Å²) in [6.07, 6.45) is 0. The van der Waals surface area contributed by atoms with Crippen LogP contribution >= 0.6 is 11.6 Å². The minimum atomic E-state index is -3.91. The summed E-state index contributed by atoms with van der Waals surface area (Å²) in [5.74, 6) is -0.0814. The van der Waals surface area contributed by atoms with Gasteiger partial charge in [-0.2, -0.15) is 0 Å². The zero-order chi connectivity index (χ0) is 20.2. The zero-order valence-corrected chi connectivity index (χ0v) is 17.6. The van der Waals surface area contributed by atoms with Gasteiger partial charge in [-0.25, -0.2) is 8.42 Å². The smallest absolute Gasteiger partial charge is 0.264 e. The molecule has 0 aromatic heterocycles. The number of halogens is 1. The van der Waals surface area contributed by atoms with E-state index in [2.05, 4.69) is 5.32 Å². The average Bonchev–Trinajstić information content (AvgIpc) is 2.59. The fourth-order valence-corrected chi connectivity index (χ4v) is 4.25. The number of benzene rings is 2. The number of hydrogen-bond acceptors (Lipinski definition) is 3. The highest BCUT2D eigenvalue weighted by Crippen LogP contribution is 2.28. The van der Waals surface area contributed by atoms with E-state index in [1.54, 1.807) is 49.4 Å². The normalized spacial score (nSPS) is 11.5. The Balaban J connectivity index is 2.45. The highest BCUT2D eigenvalue weighted by Gasteiger charge is 2.28. The molecule has 0 aliphatic carbocycles. The molecule has 0 aliphatic rings. The summed E-state index contributed by atoms with van der Waals surface area (Å²) in [6, 6.07) is 11.5. The molecule has 2 aromatic carbocycles. The van der Waals surface area contributed by atoms with Crippen molar-refractivity contribution in [1.82, 2.24) is 5.32 Å². The Morgan fingerprint density at radius 2 is 1.74 bits per heavy atom. The molecule has 0 fully saturated rings. The minimum absolute atomic E-state index is 0.138. The van der Waals surface area contributed by atoms with Crippen LogP contribution in [-0.2, 0) is 14.8 Å². The standard InChI is InChI=1S/C20H25ClN2O3S/c1-14(2)12-22-20(24)13-23(19-10-7-17(21)11-16(19)4)27(25,26)18-8-5-15(3)6-9-18/h5-11,14H,12-13H2,1-4H3,(H,22,24). The molecule has 2 aromatic rings. The van der Waals surface area contributed by atoms with E-state index >= 15 is 0 Å². The first kappa shape index (κ1) is 21.3. The predicted octanol–water partition coefficient (Wildman–Crippen LogP) is 3.92. The number of aryl methyl sites for hydroxylation is 2. The van der Waals surface area contributed by atoms with E-state index in [1.807, 2.05) is 20.8 Å². The van der Waals surface area contributed by atoms with Gasteiger partial charge in [-0.1, -0.05) is 43.1 Å². The largest absolute Gasteiger partial charge is 0.354 e. The van der Waals surface area contributed by atoms with Gasteiger partial charge in [-0.15, -0.1) is 0 Å². The SMILES string of the molecule is Cc1ccc(S(=O)(=O)N(CC(=O)NCC(C)C)c2ccc(Cl)cc2C)cc1. The zero-order valence-electron chi connectivity index (χ0n) is 16.0. The maximum absolute atomic E-state index is 13.3. The van der Waals surface area contributed by atoms with E-state index in [1.165, 1.54) is 0 Å². The summed E-state index contributed by atoms with van der Waals surface area (Å²) in [5, 5.41) is 3.28. The molecule has 27 heavy (non-hydrogen) atoms. The van der Waals surface area contributed by atoms with Gasteiger partial charge in [0.05, 0.1) is 10.6 Å². The Hall–Kier alpha value is -2.05. The maximum atomic E-state index is 13.3. The summed E-state index contributed by atoms with van der Waals surface area (Å²) in [7, 11) is -3.91. The molecule has 1 N–H and O–H groups in total. The van der Waals surface area contributed by atoms with Crippen LogP contribution in [0.3, 0.4) is 0 Å². The van der Waals surface area contributed by atoms with E-state index in [4.69, 9.17) is 11.6 Å². The summed E-state index contributed by atoms with van der Waals surface area (Å²) >= 11 is 6.01. The number of nitrogens with one attached hydrogen (secondary N) is 1. The summed E-state index contributed by atoms with van der Waals surface area (Å²) in [5.41, 5.74) is 2.06. The number of amides is 1.